The number of anilines is 1. The maximum Gasteiger partial charge on any atom is 0.337 e. The molecule has 4 N–H and O–H groups in total. The molecular weight excluding hydrogens is 485 g/mol. The molecule has 0 spiro atoms. The lowest BCUT2D eigenvalue weighted by Gasteiger charge is -2.23. The third-order valence-electron chi connectivity index (χ3n) is 4.72. The molecule has 0 saturated carbocycles. The molecule has 0 aliphatic heterocycles. The number of nitrogens with one attached hydrogen (secondary N) is 1. The van der Waals surface area contributed by atoms with Crippen LogP contribution in [0.3, 0.4) is 0 Å². The number of phenols is 1. The molecule has 11 heteroatoms. The van der Waals surface area contributed by atoms with Gasteiger partial charge in [-0.1, -0.05) is 0 Å². The van der Waals surface area contributed by atoms with E-state index in [9.17, 15) is 37.7 Å². The van der Waals surface area contributed by atoms with Gasteiger partial charge >= 0.3 is 5.97 Å². The number of carboxylic acid groups (broad SMARTS) is 1. The number of rotatable bonds is 9. The van der Waals surface area contributed by atoms with E-state index >= 15 is 0 Å². The van der Waals surface area contributed by atoms with Crippen molar-refractivity contribution in [2.24, 2.45) is 0 Å². The van der Waals surface area contributed by atoms with Gasteiger partial charge in [-0.15, -0.1) is 11.8 Å². The smallest absolute Gasteiger partial charge is 0.337 e. The number of hydrogen-bond donors (Lipinski definition) is 4. The van der Waals surface area contributed by atoms with Crippen LogP contribution < -0.4 is 5.32 Å². The van der Waals surface area contributed by atoms with Crippen molar-refractivity contribution in [2.45, 2.75) is 15.4 Å². The summed E-state index contributed by atoms with van der Waals surface area (Å²) in [7, 11) is -4.21. The molecule has 8 nitrogen and oxygen atoms in total. The summed E-state index contributed by atoms with van der Waals surface area (Å²) < 4.78 is 38.6. The second-order valence-electron chi connectivity index (χ2n) is 7.36. The Morgan fingerprint density at radius 2 is 1.53 bits per heavy atom. The van der Waals surface area contributed by atoms with Crippen LogP contribution in [0.25, 0.3) is 0 Å². The molecule has 0 radical (unpaired) electrons. The minimum atomic E-state index is -4.21. The number of phenolic OH excluding ortho intramolecular Hbond substituents is 1. The molecule has 0 bridgehead atoms. The van der Waals surface area contributed by atoms with E-state index in [0.717, 1.165) is 23.9 Å². The lowest BCUT2D eigenvalue weighted by Crippen LogP contribution is -2.47. The molecule has 1 atom stereocenters. The highest BCUT2D eigenvalue weighted by atomic mass is 32.2. The normalized spacial score (nSPS) is 13.1. The average Bonchev–Trinajstić information content (AvgIpc) is 2.79. The molecular formula is C23H20FNO7S2. The summed E-state index contributed by atoms with van der Waals surface area (Å²) in [5, 5.41) is 31.9. The molecule has 0 aliphatic rings. The van der Waals surface area contributed by atoms with E-state index in [-0.39, 0.29) is 21.9 Å². The van der Waals surface area contributed by atoms with Gasteiger partial charge in [0.1, 0.15) is 11.6 Å². The quantitative estimate of drug-likeness (QED) is 0.325. The Bertz CT molecular complexity index is 1280. The number of hydrogen-bond acceptors (Lipinski definition) is 7. The van der Waals surface area contributed by atoms with Crippen LogP contribution >= 0.6 is 11.8 Å². The highest BCUT2D eigenvalue weighted by Crippen LogP contribution is 2.27. The van der Waals surface area contributed by atoms with Gasteiger partial charge in [-0.25, -0.2) is 17.6 Å². The molecule has 34 heavy (non-hydrogen) atoms. The van der Waals surface area contributed by atoms with E-state index in [0.29, 0.717) is 4.90 Å². The molecule has 3 aromatic rings. The molecule has 0 aliphatic carbocycles. The van der Waals surface area contributed by atoms with E-state index in [1.165, 1.54) is 60.7 Å². The Balaban J connectivity index is 1.70. The predicted octanol–water partition coefficient (Wildman–Crippen LogP) is 3.17. The first-order valence-corrected chi connectivity index (χ1v) is 12.4. The number of halogens is 1. The Morgan fingerprint density at radius 3 is 2.09 bits per heavy atom. The monoisotopic (exact) mass is 505 g/mol. The zero-order chi connectivity index (χ0) is 24.9. The molecule has 1 amide bonds. The number of sulfone groups is 1. The van der Waals surface area contributed by atoms with Crippen molar-refractivity contribution >= 4 is 39.2 Å². The van der Waals surface area contributed by atoms with Crippen LogP contribution in [0.1, 0.15) is 10.4 Å². The lowest BCUT2D eigenvalue weighted by molar-refractivity contribution is -0.153. The fraction of sp³-hybridized carbons (Fsp3) is 0.130. The van der Waals surface area contributed by atoms with Crippen LogP contribution in [0.2, 0.25) is 0 Å². The number of carbonyl (C=O) groups excluding carboxylic acids is 1. The number of aliphatic hydroxyl groups is 1. The summed E-state index contributed by atoms with van der Waals surface area (Å²) in [4.78, 5) is 24.2. The van der Waals surface area contributed by atoms with Crippen LogP contribution in [-0.2, 0) is 14.6 Å². The van der Waals surface area contributed by atoms with Crippen molar-refractivity contribution in [1.29, 1.82) is 0 Å². The van der Waals surface area contributed by atoms with E-state index in [1.807, 2.05) is 0 Å². The molecule has 0 heterocycles. The van der Waals surface area contributed by atoms with Crippen LogP contribution in [0.5, 0.6) is 5.75 Å². The van der Waals surface area contributed by atoms with E-state index in [1.54, 1.807) is 0 Å². The van der Waals surface area contributed by atoms with Crippen molar-refractivity contribution in [3.8, 4) is 5.75 Å². The minimum absolute atomic E-state index is 0.0118. The third-order valence-corrected chi connectivity index (χ3v) is 7.79. The van der Waals surface area contributed by atoms with Crippen LogP contribution in [0, 0.1) is 5.82 Å². The summed E-state index contributed by atoms with van der Waals surface area (Å²) in [5.41, 5.74) is -2.10. The predicted molar refractivity (Wildman–Crippen MR) is 124 cm³/mol. The zero-order valence-electron chi connectivity index (χ0n) is 17.5. The summed E-state index contributed by atoms with van der Waals surface area (Å²) in [6.07, 6.45) is 0. The van der Waals surface area contributed by atoms with Gasteiger partial charge in [0.25, 0.3) is 5.91 Å². The van der Waals surface area contributed by atoms with Gasteiger partial charge in [-0.2, -0.15) is 0 Å². The largest absolute Gasteiger partial charge is 0.508 e. The van der Waals surface area contributed by atoms with Gasteiger partial charge < -0.3 is 20.6 Å². The second-order valence-corrected chi connectivity index (χ2v) is 10.4. The van der Waals surface area contributed by atoms with Gasteiger partial charge in [-0.05, 0) is 72.8 Å². The highest BCUT2D eigenvalue weighted by Gasteiger charge is 2.41. The van der Waals surface area contributed by atoms with Crippen LogP contribution in [0.4, 0.5) is 10.1 Å². The van der Waals surface area contributed by atoms with E-state index < -0.39 is 44.6 Å². The van der Waals surface area contributed by atoms with Gasteiger partial charge in [0, 0.05) is 21.9 Å². The molecule has 3 rings (SSSR count). The summed E-state index contributed by atoms with van der Waals surface area (Å²) in [6.45, 7) is 0. The molecule has 1 unspecified atom stereocenters. The number of aromatic hydroxyl groups is 1. The number of carboxylic acids is 1. The number of aliphatic carboxylic acids is 1. The standard InChI is InChI=1S/C23H20FNO7S2/c24-16-3-1-15(2-4-16)21(27)25-17-5-11-20(12-6-17)34(31,32)14-23(30,22(28)29)13-33-19-9-7-18(26)8-10-19/h1-12,26,30H,13-14H2,(H,25,27)(H,28,29). The average molecular weight is 506 g/mol. The summed E-state index contributed by atoms with van der Waals surface area (Å²) in [6, 6.07) is 15.7. The van der Waals surface area contributed by atoms with Crippen LogP contribution in [0.15, 0.2) is 82.6 Å². The number of carbonyl (C=O) groups is 2. The van der Waals surface area contributed by atoms with Gasteiger partial charge in [0.05, 0.1) is 10.6 Å². The Morgan fingerprint density at radius 1 is 0.941 bits per heavy atom. The maximum atomic E-state index is 13.0. The van der Waals surface area contributed by atoms with Gasteiger partial charge in [-0.3, -0.25) is 4.79 Å². The summed E-state index contributed by atoms with van der Waals surface area (Å²) in [5.74, 6) is -4.21. The molecule has 0 saturated heterocycles. The highest BCUT2D eigenvalue weighted by molar-refractivity contribution is 7.99. The topological polar surface area (TPSA) is 141 Å². The third kappa shape index (κ3) is 6.34. The van der Waals surface area contributed by atoms with Crippen molar-refractivity contribution in [3.63, 3.8) is 0 Å². The molecule has 178 valence electrons. The zero-order valence-corrected chi connectivity index (χ0v) is 19.1. The Kier molecular flexibility index (Phi) is 7.60. The Labute approximate surface area is 199 Å². The molecule has 3 aromatic carbocycles. The first-order valence-electron chi connectivity index (χ1n) is 9.76. The van der Waals surface area contributed by atoms with E-state index in [2.05, 4.69) is 5.32 Å². The SMILES string of the molecule is O=C(Nc1ccc(S(=O)(=O)CC(O)(CSc2ccc(O)cc2)C(=O)O)cc1)c1ccc(F)cc1. The summed E-state index contributed by atoms with van der Waals surface area (Å²) >= 11 is 0.931. The van der Waals surface area contributed by atoms with Crippen LogP contribution in [-0.4, -0.2) is 52.7 Å². The van der Waals surface area contributed by atoms with Gasteiger partial charge in [0.2, 0.25) is 0 Å². The van der Waals surface area contributed by atoms with Crippen molar-refractivity contribution < 1.29 is 37.7 Å². The minimum Gasteiger partial charge on any atom is -0.508 e. The molecule has 0 aromatic heterocycles. The van der Waals surface area contributed by atoms with Gasteiger partial charge in [0.15, 0.2) is 15.4 Å². The first kappa shape index (κ1) is 25.2. The van der Waals surface area contributed by atoms with Crippen molar-refractivity contribution in [3.05, 3.63) is 84.2 Å². The number of amides is 1. The first-order chi connectivity index (χ1) is 16.0. The lowest BCUT2D eigenvalue weighted by atomic mass is 10.1. The number of thioether (sulfide) groups is 1. The fourth-order valence-corrected chi connectivity index (χ4v) is 5.52. The van der Waals surface area contributed by atoms with Crippen molar-refractivity contribution in [1.82, 2.24) is 0 Å². The molecule has 0 fully saturated rings. The van der Waals surface area contributed by atoms with E-state index in [4.69, 9.17) is 0 Å². The maximum absolute atomic E-state index is 13.0. The number of benzene rings is 3. The fourth-order valence-electron chi connectivity index (χ4n) is 2.86. The Hall–Kier alpha value is -3.41. The second kappa shape index (κ2) is 10.2. The van der Waals surface area contributed by atoms with Crippen molar-refractivity contribution in [2.75, 3.05) is 16.8 Å².